The summed E-state index contributed by atoms with van der Waals surface area (Å²) in [6.07, 6.45) is -4.46. The number of nitrogens with zero attached hydrogens (tertiary/aromatic N) is 4. The standard InChI is InChI=1S/C17H10ClF3N4O/c18-9-14-22-23-16-24(11-7-5-10(6-8-11)17(19,20)21)15(26)12-3-1-2-4-13(12)25(14)16/h1-8H,9H2. The molecule has 0 aliphatic heterocycles. The average Bonchev–Trinajstić information content (AvgIpc) is 3.05. The van der Waals surface area contributed by atoms with Gasteiger partial charge in [0.2, 0.25) is 5.78 Å². The molecule has 0 amide bonds. The van der Waals surface area contributed by atoms with E-state index in [1.807, 2.05) is 0 Å². The molecule has 0 fully saturated rings. The van der Waals surface area contributed by atoms with E-state index < -0.39 is 17.3 Å². The van der Waals surface area contributed by atoms with E-state index in [9.17, 15) is 18.0 Å². The lowest BCUT2D eigenvalue weighted by Gasteiger charge is -2.12. The molecule has 0 atom stereocenters. The molecular weight excluding hydrogens is 369 g/mol. The fraction of sp³-hybridized carbons (Fsp3) is 0.118. The summed E-state index contributed by atoms with van der Waals surface area (Å²) in [7, 11) is 0. The highest BCUT2D eigenvalue weighted by Crippen LogP contribution is 2.29. The van der Waals surface area contributed by atoms with Gasteiger partial charge in [-0.05, 0) is 36.4 Å². The zero-order valence-corrected chi connectivity index (χ0v) is 13.8. The average molecular weight is 379 g/mol. The molecule has 132 valence electrons. The molecule has 0 unspecified atom stereocenters. The van der Waals surface area contributed by atoms with Crippen molar-refractivity contribution in [1.82, 2.24) is 19.2 Å². The normalized spacial score (nSPS) is 12.2. The van der Waals surface area contributed by atoms with E-state index in [4.69, 9.17) is 11.6 Å². The van der Waals surface area contributed by atoms with Crippen LogP contribution in [-0.2, 0) is 12.1 Å². The van der Waals surface area contributed by atoms with Crippen LogP contribution in [0, 0.1) is 0 Å². The number of hydrogen-bond donors (Lipinski definition) is 0. The molecule has 4 rings (SSSR count). The zero-order chi connectivity index (χ0) is 18.5. The molecule has 2 heterocycles. The minimum absolute atomic E-state index is 0.0658. The number of halogens is 4. The van der Waals surface area contributed by atoms with Gasteiger partial charge in [-0.3, -0.25) is 9.20 Å². The van der Waals surface area contributed by atoms with Crippen molar-refractivity contribution >= 4 is 28.3 Å². The number of aromatic nitrogens is 4. The number of rotatable bonds is 2. The van der Waals surface area contributed by atoms with E-state index in [0.717, 1.165) is 12.1 Å². The topological polar surface area (TPSA) is 52.2 Å². The largest absolute Gasteiger partial charge is 0.416 e. The van der Waals surface area contributed by atoms with Crippen LogP contribution in [0.4, 0.5) is 13.2 Å². The van der Waals surface area contributed by atoms with Crippen molar-refractivity contribution in [3.8, 4) is 5.69 Å². The van der Waals surface area contributed by atoms with Crippen molar-refractivity contribution in [3.63, 3.8) is 0 Å². The summed E-state index contributed by atoms with van der Waals surface area (Å²) in [6.45, 7) is 0. The smallest absolute Gasteiger partial charge is 0.268 e. The molecule has 0 N–H and O–H groups in total. The van der Waals surface area contributed by atoms with Gasteiger partial charge in [0.05, 0.1) is 28.0 Å². The quantitative estimate of drug-likeness (QED) is 0.499. The third-order valence-electron chi connectivity index (χ3n) is 4.06. The third kappa shape index (κ3) is 2.45. The van der Waals surface area contributed by atoms with E-state index in [0.29, 0.717) is 16.7 Å². The van der Waals surface area contributed by atoms with Crippen molar-refractivity contribution in [1.29, 1.82) is 0 Å². The fourth-order valence-electron chi connectivity index (χ4n) is 2.88. The maximum atomic E-state index is 12.9. The Bertz CT molecular complexity index is 1180. The van der Waals surface area contributed by atoms with E-state index in [1.165, 1.54) is 16.7 Å². The second-order valence-corrected chi connectivity index (χ2v) is 5.85. The van der Waals surface area contributed by atoms with Crippen LogP contribution >= 0.6 is 11.6 Å². The second-order valence-electron chi connectivity index (χ2n) is 5.59. The van der Waals surface area contributed by atoms with Gasteiger partial charge in [0, 0.05) is 0 Å². The number of benzene rings is 2. The molecule has 0 saturated heterocycles. The van der Waals surface area contributed by atoms with Crippen molar-refractivity contribution in [2.75, 3.05) is 0 Å². The minimum Gasteiger partial charge on any atom is -0.268 e. The highest BCUT2D eigenvalue weighted by Gasteiger charge is 2.30. The van der Waals surface area contributed by atoms with E-state index in [1.54, 1.807) is 28.7 Å². The molecule has 0 bridgehead atoms. The number of fused-ring (bicyclic) bond motifs is 3. The van der Waals surface area contributed by atoms with Crippen LogP contribution in [0.25, 0.3) is 22.4 Å². The number of hydrogen-bond acceptors (Lipinski definition) is 3. The van der Waals surface area contributed by atoms with Crippen LogP contribution in [0.3, 0.4) is 0 Å². The molecule has 26 heavy (non-hydrogen) atoms. The minimum atomic E-state index is -4.46. The lowest BCUT2D eigenvalue weighted by molar-refractivity contribution is -0.137. The van der Waals surface area contributed by atoms with Gasteiger partial charge in [0.15, 0.2) is 5.82 Å². The predicted molar refractivity (Wildman–Crippen MR) is 90.6 cm³/mol. The Morgan fingerprint density at radius 3 is 2.35 bits per heavy atom. The molecule has 0 saturated carbocycles. The van der Waals surface area contributed by atoms with Gasteiger partial charge < -0.3 is 0 Å². The van der Waals surface area contributed by atoms with Crippen molar-refractivity contribution in [2.45, 2.75) is 12.1 Å². The summed E-state index contributed by atoms with van der Waals surface area (Å²) in [5, 5.41) is 8.39. The van der Waals surface area contributed by atoms with Crippen molar-refractivity contribution in [3.05, 3.63) is 70.3 Å². The van der Waals surface area contributed by atoms with E-state index >= 15 is 0 Å². The Balaban J connectivity index is 2.07. The molecule has 9 heteroatoms. The van der Waals surface area contributed by atoms with Crippen LogP contribution in [0.15, 0.2) is 53.3 Å². The molecular formula is C17H10ClF3N4O. The molecule has 5 nitrogen and oxygen atoms in total. The lowest BCUT2D eigenvalue weighted by Crippen LogP contribution is -2.22. The fourth-order valence-corrected chi connectivity index (χ4v) is 3.05. The van der Waals surface area contributed by atoms with Crippen LogP contribution in [0.5, 0.6) is 0 Å². The molecule has 4 aromatic rings. The molecule has 0 aliphatic carbocycles. The lowest BCUT2D eigenvalue weighted by atomic mass is 10.2. The second kappa shape index (κ2) is 5.84. The van der Waals surface area contributed by atoms with Gasteiger partial charge in [0.25, 0.3) is 5.56 Å². The van der Waals surface area contributed by atoms with E-state index in [-0.39, 0.29) is 17.3 Å². The monoisotopic (exact) mass is 378 g/mol. The Morgan fingerprint density at radius 1 is 1.00 bits per heavy atom. The molecule has 2 aromatic heterocycles. The predicted octanol–water partition coefficient (Wildman–Crippen LogP) is 3.79. The van der Waals surface area contributed by atoms with Gasteiger partial charge in [-0.25, -0.2) is 4.57 Å². The first-order chi connectivity index (χ1) is 12.4. The molecule has 0 aliphatic rings. The summed E-state index contributed by atoms with van der Waals surface area (Å²) >= 11 is 5.92. The van der Waals surface area contributed by atoms with Crippen LogP contribution in [-0.4, -0.2) is 19.2 Å². The van der Waals surface area contributed by atoms with Gasteiger partial charge in [-0.15, -0.1) is 21.8 Å². The Hall–Kier alpha value is -2.87. The summed E-state index contributed by atoms with van der Waals surface area (Å²) < 4.78 is 41.3. The maximum Gasteiger partial charge on any atom is 0.416 e. The van der Waals surface area contributed by atoms with Gasteiger partial charge >= 0.3 is 6.18 Å². The number of para-hydroxylation sites is 1. The zero-order valence-electron chi connectivity index (χ0n) is 13.0. The van der Waals surface area contributed by atoms with Crippen LogP contribution in [0.2, 0.25) is 0 Å². The SMILES string of the molecule is O=c1c2ccccc2n2c(CCl)nnc2n1-c1ccc(C(F)(F)F)cc1. The van der Waals surface area contributed by atoms with Gasteiger partial charge in [-0.2, -0.15) is 13.2 Å². The van der Waals surface area contributed by atoms with Crippen molar-refractivity contribution < 1.29 is 13.2 Å². The van der Waals surface area contributed by atoms with Crippen molar-refractivity contribution in [2.24, 2.45) is 0 Å². The molecule has 2 aromatic carbocycles. The van der Waals surface area contributed by atoms with Gasteiger partial charge in [-0.1, -0.05) is 12.1 Å². The summed E-state index contributed by atoms with van der Waals surface area (Å²) in [6, 6.07) is 11.1. The summed E-state index contributed by atoms with van der Waals surface area (Å²) in [5.74, 6) is 0.679. The van der Waals surface area contributed by atoms with E-state index in [2.05, 4.69) is 10.2 Å². The first kappa shape index (κ1) is 16.6. The molecule has 0 radical (unpaired) electrons. The van der Waals surface area contributed by atoms with Crippen LogP contribution < -0.4 is 5.56 Å². The summed E-state index contributed by atoms with van der Waals surface area (Å²) in [5.41, 5.74) is -0.362. The summed E-state index contributed by atoms with van der Waals surface area (Å²) in [4.78, 5) is 12.9. The van der Waals surface area contributed by atoms with Gasteiger partial charge in [0.1, 0.15) is 0 Å². The highest BCUT2D eigenvalue weighted by atomic mass is 35.5. The first-order valence-corrected chi connectivity index (χ1v) is 8.06. The van der Waals surface area contributed by atoms with Crippen LogP contribution in [0.1, 0.15) is 11.4 Å². The Labute approximate surface area is 149 Å². The number of alkyl halides is 4. The third-order valence-corrected chi connectivity index (χ3v) is 4.30. The maximum absolute atomic E-state index is 12.9. The Morgan fingerprint density at radius 2 is 1.69 bits per heavy atom. The molecule has 0 spiro atoms. The highest BCUT2D eigenvalue weighted by molar-refractivity contribution is 6.16. The first-order valence-electron chi connectivity index (χ1n) is 7.53. The Kier molecular flexibility index (Phi) is 3.73.